The quantitative estimate of drug-likeness (QED) is 0.231. The van der Waals surface area contributed by atoms with Crippen LogP contribution in [0.2, 0.25) is 0 Å². The van der Waals surface area contributed by atoms with Crippen molar-refractivity contribution in [3.63, 3.8) is 0 Å². The molecule has 0 saturated carbocycles. The molecule has 0 atom stereocenters. The average molecular weight is 481 g/mol. The number of benzene rings is 2. The summed E-state index contributed by atoms with van der Waals surface area (Å²) in [6, 6.07) is 16.5. The molecule has 0 spiro atoms. The number of nitrogens with zero attached hydrogens (tertiary/aromatic N) is 4. The maximum absolute atomic E-state index is 13.1. The predicted octanol–water partition coefficient (Wildman–Crippen LogP) is 4.01. The summed E-state index contributed by atoms with van der Waals surface area (Å²) < 4.78 is 6.82. The summed E-state index contributed by atoms with van der Waals surface area (Å²) in [5.74, 6) is -0.352. The van der Waals surface area contributed by atoms with Crippen LogP contribution in [0.25, 0.3) is 10.8 Å². The van der Waals surface area contributed by atoms with Gasteiger partial charge in [-0.1, -0.05) is 71.6 Å². The van der Waals surface area contributed by atoms with Crippen LogP contribution in [-0.2, 0) is 16.1 Å². The van der Waals surface area contributed by atoms with Gasteiger partial charge in [-0.05, 0) is 18.6 Å². The van der Waals surface area contributed by atoms with Gasteiger partial charge in [-0.15, -0.1) is 10.2 Å². The maximum Gasteiger partial charge on any atom is 0.316 e. The number of pyridine rings is 1. The van der Waals surface area contributed by atoms with Crippen molar-refractivity contribution in [3.8, 4) is 5.88 Å². The van der Waals surface area contributed by atoms with E-state index in [0.29, 0.717) is 32.4 Å². The molecule has 0 unspecified atom stereocenters. The Kier molecular flexibility index (Phi) is 7.16. The number of aromatic hydroxyl groups is 1. The first-order valence-electron chi connectivity index (χ1n) is 10.1. The molecule has 0 saturated heterocycles. The number of carbonyl (C=O) groups is 1. The fourth-order valence-corrected chi connectivity index (χ4v) is 4.69. The molecule has 1 N–H and O–H groups in total. The third-order valence-electron chi connectivity index (χ3n) is 4.69. The highest BCUT2D eigenvalue weighted by Crippen LogP contribution is 2.29. The fraction of sp³-hybridized carbons (Fsp3) is 0.174. The number of aromatic nitrogens is 3. The average Bonchev–Trinajstić information content (AvgIpc) is 3.29. The highest BCUT2D eigenvalue weighted by molar-refractivity contribution is 8.01. The summed E-state index contributed by atoms with van der Waals surface area (Å²) >= 11 is 2.44. The molecule has 4 rings (SSSR count). The Morgan fingerprint density at radius 1 is 1.15 bits per heavy atom. The zero-order valence-corrected chi connectivity index (χ0v) is 19.3. The number of fused-ring (bicyclic) bond motifs is 1. The van der Waals surface area contributed by atoms with E-state index in [-0.39, 0.29) is 29.7 Å². The largest absolute Gasteiger partial charge is 0.494 e. The molecule has 168 valence electrons. The zero-order chi connectivity index (χ0) is 23.2. The molecule has 10 heteroatoms. The van der Waals surface area contributed by atoms with Gasteiger partial charge in [0.1, 0.15) is 0 Å². The second-order valence-corrected chi connectivity index (χ2v) is 9.04. The van der Waals surface area contributed by atoms with E-state index < -0.39 is 0 Å². The standard InChI is InChI=1S/C23H20N4O4S2/c1-2-31-19(28)14-32-23-26-25-22(33-23)24-12-18-16-10-6-7-11-17(16)20(29)27(21(18)30)13-15-8-4-3-5-9-15/h3-12,30H,2,13-14H2,1H3/b24-12+. The number of thioether (sulfide) groups is 1. The first kappa shape index (κ1) is 22.7. The Hall–Kier alpha value is -3.50. The van der Waals surface area contributed by atoms with Crippen molar-refractivity contribution in [3.05, 3.63) is 76.1 Å². The van der Waals surface area contributed by atoms with Gasteiger partial charge in [-0.2, -0.15) is 0 Å². The van der Waals surface area contributed by atoms with Crippen molar-refractivity contribution < 1.29 is 14.6 Å². The van der Waals surface area contributed by atoms with Crippen LogP contribution in [0.4, 0.5) is 5.13 Å². The highest BCUT2D eigenvalue weighted by atomic mass is 32.2. The Balaban J connectivity index is 1.66. The van der Waals surface area contributed by atoms with Gasteiger partial charge in [0, 0.05) is 17.0 Å². The SMILES string of the molecule is CCOC(=O)CSc1nnc(/N=C/c2c(O)n(Cc3ccccc3)c(=O)c3ccccc23)s1. The van der Waals surface area contributed by atoms with Gasteiger partial charge in [0.25, 0.3) is 5.56 Å². The van der Waals surface area contributed by atoms with Crippen LogP contribution >= 0.6 is 23.1 Å². The lowest BCUT2D eigenvalue weighted by atomic mass is 10.1. The minimum absolute atomic E-state index is 0.141. The van der Waals surface area contributed by atoms with Crippen molar-refractivity contribution in [1.82, 2.24) is 14.8 Å². The van der Waals surface area contributed by atoms with E-state index in [4.69, 9.17) is 4.74 Å². The Morgan fingerprint density at radius 3 is 2.64 bits per heavy atom. The monoisotopic (exact) mass is 480 g/mol. The number of aliphatic imine (C=N–C) groups is 1. The molecule has 0 radical (unpaired) electrons. The number of rotatable bonds is 8. The number of carbonyl (C=O) groups excluding carboxylic acids is 1. The summed E-state index contributed by atoms with van der Waals surface area (Å²) in [6.45, 7) is 2.31. The Bertz CT molecular complexity index is 1370. The first-order valence-corrected chi connectivity index (χ1v) is 11.9. The van der Waals surface area contributed by atoms with Crippen molar-refractivity contribution >= 4 is 51.2 Å². The van der Waals surface area contributed by atoms with Gasteiger partial charge in [0.15, 0.2) is 4.34 Å². The van der Waals surface area contributed by atoms with Crippen LogP contribution in [0.5, 0.6) is 5.88 Å². The zero-order valence-electron chi connectivity index (χ0n) is 17.7. The van der Waals surface area contributed by atoms with Crippen LogP contribution in [0.3, 0.4) is 0 Å². The molecular formula is C23H20N4O4S2. The van der Waals surface area contributed by atoms with Crippen LogP contribution in [-0.4, -0.2) is 44.4 Å². The second kappa shape index (κ2) is 10.4. The Morgan fingerprint density at radius 2 is 1.88 bits per heavy atom. The summed E-state index contributed by atoms with van der Waals surface area (Å²) in [7, 11) is 0. The number of esters is 1. The lowest BCUT2D eigenvalue weighted by Gasteiger charge is -2.13. The van der Waals surface area contributed by atoms with Gasteiger partial charge in [0.2, 0.25) is 11.0 Å². The Labute approximate surface area is 197 Å². The smallest absolute Gasteiger partial charge is 0.316 e. The summed E-state index contributed by atoms with van der Waals surface area (Å²) in [4.78, 5) is 28.9. The molecule has 4 aromatic rings. The summed E-state index contributed by atoms with van der Waals surface area (Å²) in [5.41, 5.74) is 1.02. The molecule has 8 nitrogen and oxygen atoms in total. The molecule has 33 heavy (non-hydrogen) atoms. The van der Waals surface area contributed by atoms with E-state index in [2.05, 4.69) is 15.2 Å². The topological polar surface area (TPSA) is 107 Å². The van der Waals surface area contributed by atoms with E-state index in [0.717, 1.165) is 5.56 Å². The van der Waals surface area contributed by atoms with E-state index in [1.54, 1.807) is 31.2 Å². The molecule has 2 aromatic carbocycles. The molecule has 0 aliphatic carbocycles. The van der Waals surface area contributed by atoms with Crippen LogP contribution in [0.1, 0.15) is 18.1 Å². The lowest BCUT2D eigenvalue weighted by molar-refractivity contribution is -0.139. The van der Waals surface area contributed by atoms with Gasteiger partial charge >= 0.3 is 5.97 Å². The third kappa shape index (κ3) is 5.29. The lowest BCUT2D eigenvalue weighted by Crippen LogP contribution is -2.22. The summed E-state index contributed by atoms with van der Waals surface area (Å²) in [6.07, 6.45) is 1.49. The van der Waals surface area contributed by atoms with Crippen molar-refractivity contribution in [2.45, 2.75) is 17.8 Å². The van der Waals surface area contributed by atoms with Gasteiger partial charge in [-0.3, -0.25) is 14.2 Å². The van der Waals surface area contributed by atoms with Crippen LogP contribution in [0, 0.1) is 0 Å². The van der Waals surface area contributed by atoms with Gasteiger partial charge < -0.3 is 9.84 Å². The van der Waals surface area contributed by atoms with Gasteiger partial charge in [-0.25, -0.2) is 4.99 Å². The number of hydrogen-bond donors (Lipinski definition) is 1. The molecule has 0 fully saturated rings. The van der Waals surface area contributed by atoms with Crippen molar-refractivity contribution in [2.24, 2.45) is 4.99 Å². The van der Waals surface area contributed by atoms with E-state index in [1.165, 1.54) is 33.9 Å². The van der Waals surface area contributed by atoms with Crippen molar-refractivity contribution in [1.29, 1.82) is 0 Å². The minimum atomic E-state index is -0.320. The molecule has 2 aromatic heterocycles. The number of hydrogen-bond acceptors (Lipinski definition) is 9. The third-order valence-corrected chi connectivity index (χ3v) is 6.63. The molecule has 0 aliphatic rings. The van der Waals surface area contributed by atoms with E-state index in [1.807, 2.05) is 30.3 Å². The van der Waals surface area contributed by atoms with Crippen molar-refractivity contribution in [2.75, 3.05) is 12.4 Å². The highest BCUT2D eigenvalue weighted by Gasteiger charge is 2.15. The van der Waals surface area contributed by atoms with E-state index in [9.17, 15) is 14.7 Å². The normalized spacial score (nSPS) is 11.3. The first-order chi connectivity index (χ1) is 16.1. The fourth-order valence-electron chi connectivity index (χ4n) is 3.21. The maximum atomic E-state index is 13.1. The van der Waals surface area contributed by atoms with Gasteiger partial charge in [0.05, 0.1) is 24.5 Å². The minimum Gasteiger partial charge on any atom is -0.494 e. The molecule has 0 aliphatic heterocycles. The summed E-state index contributed by atoms with van der Waals surface area (Å²) in [5, 5.41) is 20.5. The molecule has 0 amide bonds. The number of ether oxygens (including phenoxy) is 1. The molecule has 2 heterocycles. The van der Waals surface area contributed by atoms with Crippen LogP contribution < -0.4 is 5.56 Å². The predicted molar refractivity (Wildman–Crippen MR) is 130 cm³/mol. The van der Waals surface area contributed by atoms with Crippen LogP contribution in [0.15, 0.2) is 68.7 Å². The molecule has 0 bridgehead atoms. The second-order valence-electron chi connectivity index (χ2n) is 6.86. The molecular weight excluding hydrogens is 460 g/mol. The van der Waals surface area contributed by atoms with E-state index >= 15 is 0 Å².